The first-order valence-electron chi connectivity index (χ1n) is 5.47. The quantitative estimate of drug-likeness (QED) is 0.747. The molecule has 0 radical (unpaired) electrons. The molecule has 0 spiro atoms. The maximum Gasteiger partial charge on any atom is 0.279 e. The first-order chi connectivity index (χ1) is 8.78. The number of carbonyl (C=O) groups is 1. The van der Waals surface area contributed by atoms with E-state index in [0.29, 0.717) is 5.69 Å². The molecule has 2 heterocycles. The largest absolute Gasteiger partial charge is 0.497 e. The molecule has 1 N–H and O–H groups in total. The number of aromatic amines is 1. The van der Waals surface area contributed by atoms with Gasteiger partial charge in [-0.25, -0.2) is 4.98 Å². The molecule has 90 valence electrons. The predicted octanol–water partition coefficient (Wildman–Crippen LogP) is 2.06. The van der Waals surface area contributed by atoms with Gasteiger partial charge in [0.1, 0.15) is 17.8 Å². The van der Waals surface area contributed by atoms with Crippen molar-refractivity contribution in [1.82, 2.24) is 14.5 Å². The van der Waals surface area contributed by atoms with Crippen molar-refractivity contribution in [2.24, 2.45) is 0 Å². The number of methoxy groups -OCH3 is 1. The molecule has 0 fully saturated rings. The van der Waals surface area contributed by atoms with Gasteiger partial charge in [0, 0.05) is 23.3 Å². The van der Waals surface area contributed by atoms with Crippen LogP contribution >= 0.6 is 0 Å². The van der Waals surface area contributed by atoms with Gasteiger partial charge in [-0.05, 0) is 24.3 Å². The van der Waals surface area contributed by atoms with Crippen LogP contribution in [0.4, 0.5) is 0 Å². The highest BCUT2D eigenvalue weighted by Gasteiger charge is 2.11. The maximum atomic E-state index is 12.1. The fourth-order valence-electron chi connectivity index (χ4n) is 1.87. The van der Waals surface area contributed by atoms with E-state index in [2.05, 4.69) is 9.97 Å². The summed E-state index contributed by atoms with van der Waals surface area (Å²) in [7, 11) is 1.62. The Morgan fingerprint density at radius 3 is 3.00 bits per heavy atom. The van der Waals surface area contributed by atoms with Crippen molar-refractivity contribution in [1.29, 1.82) is 0 Å². The van der Waals surface area contributed by atoms with E-state index in [4.69, 9.17) is 4.74 Å². The van der Waals surface area contributed by atoms with Gasteiger partial charge < -0.3 is 9.72 Å². The summed E-state index contributed by atoms with van der Waals surface area (Å²) >= 11 is 0. The molecule has 0 amide bonds. The van der Waals surface area contributed by atoms with E-state index in [-0.39, 0.29) is 5.91 Å². The molecule has 0 bridgehead atoms. The smallest absolute Gasteiger partial charge is 0.279 e. The Labute approximate surface area is 103 Å². The number of ether oxygens (including phenoxy) is 1. The number of aromatic nitrogens is 3. The second-order valence-electron chi connectivity index (χ2n) is 3.91. The van der Waals surface area contributed by atoms with Gasteiger partial charge in [-0.15, -0.1) is 0 Å². The minimum absolute atomic E-state index is 0.136. The van der Waals surface area contributed by atoms with Crippen LogP contribution < -0.4 is 4.74 Å². The third-order valence-corrected chi connectivity index (χ3v) is 2.80. The Morgan fingerprint density at radius 2 is 2.28 bits per heavy atom. The van der Waals surface area contributed by atoms with Crippen LogP contribution in [0.15, 0.2) is 43.0 Å². The first kappa shape index (κ1) is 10.6. The van der Waals surface area contributed by atoms with Crippen LogP contribution in [0.1, 0.15) is 10.5 Å². The highest BCUT2D eigenvalue weighted by Crippen LogP contribution is 2.21. The molecule has 5 heteroatoms. The lowest BCUT2D eigenvalue weighted by molar-refractivity contribution is 0.0955. The van der Waals surface area contributed by atoms with Crippen molar-refractivity contribution in [3.63, 3.8) is 0 Å². The van der Waals surface area contributed by atoms with E-state index in [0.717, 1.165) is 16.7 Å². The second-order valence-corrected chi connectivity index (χ2v) is 3.91. The number of rotatable bonds is 2. The topological polar surface area (TPSA) is 59.9 Å². The molecule has 0 aliphatic rings. The first-order valence-corrected chi connectivity index (χ1v) is 5.47. The minimum Gasteiger partial charge on any atom is -0.497 e. The number of nitrogens with one attached hydrogen (secondary N) is 1. The Hall–Kier alpha value is -2.56. The monoisotopic (exact) mass is 241 g/mol. The summed E-state index contributed by atoms with van der Waals surface area (Å²) in [5, 5.41) is 0.942. The standard InChI is InChI=1S/C13H11N3O2/c1-18-10-2-3-11-9(6-10)7-12(15-11)13(17)16-5-4-14-8-16/h2-8,15H,1H3. The van der Waals surface area contributed by atoms with Gasteiger partial charge >= 0.3 is 0 Å². The molecule has 18 heavy (non-hydrogen) atoms. The summed E-state index contributed by atoms with van der Waals surface area (Å²) in [6.45, 7) is 0. The Morgan fingerprint density at radius 1 is 1.39 bits per heavy atom. The van der Waals surface area contributed by atoms with E-state index in [1.165, 1.54) is 10.9 Å². The maximum absolute atomic E-state index is 12.1. The SMILES string of the molecule is COc1ccc2[nH]c(C(=O)n3ccnc3)cc2c1. The molecule has 3 aromatic rings. The number of H-pyrrole nitrogens is 1. The number of hydrogen-bond acceptors (Lipinski definition) is 3. The summed E-state index contributed by atoms with van der Waals surface area (Å²) in [5.74, 6) is 0.630. The number of benzene rings is 1. The van der Waals surface area contributed by atoms with Gasteiger partial charge in [-0.3, -0.25) is 9.36 Å². The molecule has 0 unspecified atom stereocenters. The van der Waals surface area contributed by atoms with Gasteiger partial charge in [0.15, 0.2) is 0 Å². The number of nitrogens with zero attached hydrogens (tertiary/aromatic N) is 2. The van der Waals surface area contributed by atoms with Gasteiger partial charge in [0.05, 0.1) is 7.11 Å². The molecule has 5 nitrogen and oxygen atoms in total. The Kier molecular flexibility index (Phi) is 2.37. The molecule has 0 saturated carbocycles. The van der Waals surface area contributed by atoms with Crippen molar-refractivity contribution in [2.45, 2.75) is 0 Å². The molecule has 1 aromatic carbocycles. The van der Waals surface area contributed by atoms with E-state index in [1.54, 1.807) is 25.6 Å². The molecule has 3 rings (SSSR count). The van der Waals surface area contributed by atoms with Crippen molar-refractivity contribution in [3.8, 4) is 5.75 Å². The van der Waals surface area contributed by atoms with Crippen LogP contribution in [0.5, 0.6) is 5.75 Å². The third kappa shape index (κ3) is 1.66. The Bertz CT molecular complexity index is 698. The lowest BCUT2D eigenvalue weighted by Crippen LogP contribution is -2.09. The van der Waals surface area contributed by atoms with Gasteiger partial charge in [0.2, 0.25) is 0 Å². The van der Waals surface area contributed by atoms with Gasteiger partial charge in [0.25, 0.3) is 5.91 Å². The summed E-state index contributed by atoms with van der Waals surface area (Å²) in [6, 6.07) is 7.43. The fraction of sp³-hybridized carbons (Fsp3) is 0.0769. The van der Waals surface area contributed by atoms with Gasteiger partial charge in [-0.1, -0.05) is 0 Å². The zero-order valence-corrected chi connectivity index (χ0v) is 9.75. The molecule has 0 aliphatic heterocycles. The average molecular weight is 241 g/mol. The van der Waals surface area contributed by atoms with Crippen LogP contribution in [0.3, 0.4) is 0 Å². The normalized spacial score (nSPS) is 10.7. The molecular formula is C13H11N3O2. The van der Waals surface area contributed by atoms with Crippen LogP contribution in [-0.2, 0) is 0 Å². The fourth-order valence-corrected chi connectivity index (χ4v) is 1.87. The van der Waals surface area contributed by atoms with E-state index < -0.39 is 0 Å². The highest BCUT2D eigenvalue weighted by atomic mass is 16.5. The van der Waals surface area contributed by atoms with Crippen LogP contribution in [-0.4, -0.2) is 27.6 Å². The van der Waals surface area contributed by atoms with Crippen LogP contribution in [0.25, 0.3) is 10.9 Å². The zero-order valence-electron chi connectivity index (χ0n) is 9.75. The number of hydrogen-bond donors (Lipinski definition) is 1. The van der Waals surface area contributed by atoms with E-state index >= 15 is 0 Å². The molecule has 2 aromatic heterocycles. The molecule has 0 atom stereocenters. The predicted molar refractivity (Wildman–Crippen MR) is 66.8 cm³/mol. The van der Waals surface area contributed by atoms with Crippen LogP contribution in [0.2, 0.25) is 0 Å². The van der Waals surface area contributed by atoms with Crippen molar-refractivity contribution in [2.75, 3.05) is 7.11 Å². The average Bonchev–Trinajstić information content (AvgIpc) is 3.05. The summed E-state index contributed by atoms with van der Waals surface area (Å²) in [4.78, 5) is 19.0. The van der Waals surface area contributed by atoms with E-state index in [1.807, 2.05) is 18.2 Å². The zero-order chi connectivity index (χ0) is 12.5. The lowest BCUT2D eigenvalue weighted by Gasteiger charge is -1.97. The molecular weight excluding hydrogens is 230 g/mol. The third-order valence-electron chi connectivity index (χ3n) is 2.80. The summed E-state index contributed by atoms with van der Waals surface area (Å²) < 4.78 is 6.58. The number of imidazole rings is 1. The summed E-state index contributed by atoms with van der Waals surface area (Å²) in [5.41, 5.74) is 1.43. The van der Waals surface area contributed by atoms with Crippen molar-refractivity contribution < 1.29 is 9.53 Å². The Balaban J connectivity index is 2.06. The van der Waals surface area contributed by atoms with Crippen molar-refractivity contribution >= 4 is 16.8 Å². The molecule has 0 saturated heterocycles. The number of carbonyl (C=O) groups excluding carboxylic acids is 1. The highest BCUT2D eigenvalue weighted by molar-refractivity contribution is 5.99. The van der Waals surface area contributed by atoms with E-state index in [9.17, 15) is 4.79 Å². The van der Waals surface area contributed by atoms with Gasteiger partial charge in [-0.2, -0.15) is 0 Å². The number of fused-ring (bicyclic) bond motifs is 1. The molecule has 0 aliphatic carbocycles. The lowest BCUT2D eigenvalue weighted by atomic mass is 10.2. The minimum atomic E-state index is -0.136. The van der Waals surface area contributed by atoms with Crippen LogP contribution in [0, 0.1) is 0 Å². The van der Waals surface area contributed by atoms with Crippen molar-refractivity contribution in [3.05, 3.63) is 48.7 Å². The summed E-state index contributed by atoms with van der Waals surface area (Å²) in [6.07, 6.45) is 4.67. The second kappa shape index (κ2) is 4.03.